The lowest BCUT2D eigenvalue weighted by Crippen LogP contribution is -2.32. The zero-order valence-electron chi connectivity index (χ0n) is 16.9. The number of benzene rings is 3. The Morgan fingerprint density at radius 1 is 0.966 bits per heavy atom. The van der Waals surface area contributed by atoms with Gasteiger partial charge in [-0.1, -0.05) is 44.2 Å². The second kappa shape index (κ2) is 8.03. The van der Waals surface area contributed by atoms with Crippen molar-refractivity contribution in [3.8, 4) is 17.2 Å². The van der Waals surface area contributed by atoms with Crippen molar-refractivity contribution in [3.05, 3.63) is 65.7 Å². The lowest BCUT2D eigenvalue weighted by atomic mass is 9.95. The molecule has 0 saturated heterocycles. The van der Waals surface area contributed by atoms with Crippen LogP contribution in [0.4, 0.5) is 0 Å². The molecule has 1 amide bonds. The Hall–Kier alpha value is -3.21. The van der Waals surface area contributed by atoms with Crippen LogP contribution in [0.2, 0.25) is 0 Å². The predicted molar refractivity (Wildman–Crippen MR) is 113 cm³/mol. The van der Waals surface area contributed by atoms with Gasteiger partial charge in [0.1, 0.15) is 19.0 Å². The van der Waals surface area contributed by atoms with Crippen molar-refractivity contribution in [2.75, 3.05) is 20.3 Å². The second-order valence-corrected chi connectivity index (χ2v) is 7.50. The molecular weight excluding hydrogens is 366 g/mol. The maximum Gasteiger partial charge on any atom is 0.255 e. The van der Waals surface area contributed by atoms with Gasteiger partial charge in [-0.3, -0.25) is 4.79 Å². The van der Waals surface area contributed by atoms with Crippen molar-refractivity contribution in [2.45, 2.75) is 19.9 Å². The lowest BCUT2D eigenvalue weighted by Gasteiger charge is -2.26. The van der Waals surface area contributed by atoms with Crippen molar-refractivity contribution >= 4 is 16.7 Å². The van der Waals surface area contributed by atoms with Crippen LogP contribution >= 0.6 is 0 Å². The van der Waals surface area contributed by atoms with Gasteiger partial charge in [-0.25, -0.2) is 0 Å². The highest BCUT2D eigenvalue weighted by atomic mass is 16.6. The van der Waals surface area contributed by atoms with Gasteiger partial charge in [0.2, 0.25) is 0 Å². The van der Waals surface area contributed by atoms with E-state index in [1.54, 1.807) is 7.11 Å². The van der Waals surface area contributed by atoms with E-state index in [2.05, 4.69) is 19.2 Å². The summed E-state index contributed by atoms with van der Waals surface area (Å²) in [7, 11) is 1.58. The summed E-state index contributed by atoms with van der Waals surface area (Å²) in [6, 6.07) is 17.4. The van der Waals surface area contributed by atoms with Crippen LogP contribution < -0.4 is 19.5 Å². The Bertz CT molecular complexity index is 1040. The van der Waals surface area contributed by atoms with E-state index in [9.17, 15) is 4.79 Å². The van der Waals surface area contributed by atoms with Gasteiger partial charge in [-0.05, 0) is 46.5 Å². The third-order valence-corrected chi connectivity index (χ3v) is 5.19. The van der Waals surface area contributed by atoms with Gasteiger partial charge in [0.05, 0.1) is 18.7 Å². The van der Waals surface area contributed by atoms with Crippen LogP contribution in [0, 0.1) is 5.92 Å². The van der Waals surface area contributed by atoms with E-state index in [4.69, 9.17) is 14.2 Å². The molecule has 150 valence electrons. The van der Waals surface area contributed by atoms with E-state index in [0.29, 0.717) is 24.5 Å². The van der Waals surface area contributed by atoms with E-state index in [-0.39, 0.29) is 17.9 Å². The molecule has 3 aromatic rings. The zero-order chi connectivity index (χ0) is 20.4. The molecule has 1 aliphatic rings. The van der Waals surface area contributed by atoms with Crippen LogP contribution in [0.3, 0.4) is 0 Å². The highest BCUT2D eigenvalue weighted by molar-refractivity contribution is 6.01. The Morgan fingerprint density at radius 2 is 1.66 bits per heavy atom. The number of methoxy groups -OCH3 is 1. The number of nitrogens with one attached hydrogen (secondary N) is 1. The SMILES string of the molecule is COc1cc2ccccc2cc1C(=O)N[C@H](c1ccc2c(c1)OCCO2)C(C)C. The van der Waals surface area contributed by atoms with E-state index < -0.39 is 0 Å². The van der Waals surface area contributed by atoms with E-state index in [1.165, 1.54) is 0 Å². The van der Waals surface area contributed by atoms with Gasteiger partial charge in [0, 0.05) is 0 Å². The molecule has 0 fully saturated rings. The molecule has 0 spiro atoms. The second-order valence-electron chi connectivity index (χ2n) is 7.50. The van der Waals surface area contributed by atoms with Crippen LogP contribution in [0.1, 0.15) is 35.8 Å². The number of amides is 1. The highest BCUT2D eigenvalue weighted by Crippen LogP contribution is 2.35. The van der Waals surface area contributed by atoms with Gasteiger partial charge < -0.3 is 19.5 Å². The largest absolute Gasteiger partial charge is 0.496 e. The Kier molecular flexibility index (Phi) is 5.30. The Morgan fingerprint density at radius 3 is 2.34 bits per heavy atom. The first-order chi connectivity index (χ1) is 14.1. The molecule has 4 rings (SSSR count). The third-order valence-electron chi connectivity index (χ3n) is 5.19. The predicted octanol–water partition coefficient (Wildman–Crippen LogP) is 4.75. The number of carbonyl (C=O) groups excluding carboxylic acids is 1. The highest BCUT2D eigenvalue weighted by Gasteiger charge is 2.23. The first-order valence-electron chi connectivity index (χ1n) is 9.84. The van der Waals surface area contributed by atoms with Crippen molar-refractivity contribution in [2.24, 2.45) is 5.92 Å². The molecule has 1 atom stereocenters. The molecule has 0 saturated carbocycles. The van der Waals surface area contributed by atoms with Crippen LogP contribution in [0.25, 0.3) is 10.8 Å². The van der Waals surface area contributed by atoms with Gasteiger partial charge in [0.25, 0.3) is 5.91 Å². The first-order valence-corrected chi connectivity index (χ1v) is 9.84. The van der Waals surface area contributed by atoms with Crippen molar-refractivity contribution in [1.29, 1.82) is 0 Å². The molecule has 3 aromatic carbocycles. The van der Waals surface area contributed by atoms with Gasteiger partial charge >= 0.3 is 0 Å². The van der Waals surface area contributed by atoms with Crippen LogP contribution in [0.5, 0.6) is 17.2 Å². The summed E-state index contributed by atoms with van der Waals surface area (Å²) in [6.07, 6.45) is 0. The van der Waals surface area contributed by atoms with Gasteiger partial charge in [-0.2, -0.15) is 0 Å². The summed E-state index contributed by atoms with van der Waals surface area (Å²) < 4.78 is 16.8. The number of fused-ring (bicyclic) bond motifs is 2. The molecule has 5 nitrogen and oxygen atoms in total. The van der Waals surface area contributed by atoms with Crippen molar-refractivity contribution in [3.63, 3.8) is 0 Å². The van der Waals surface area contributed by atoms with Crippen LogP contribution in [0.15, 0.2) is 54.6 Å². The smallest absolute Gasteiger partial charge is 0.255 e. The van der Waals surface area contributed by atoms with E-state index in [1.807, 2.05) is 54.6 Å². The summed E-state index contributed by atoms with van der Waals surface area (Å²) in [5.41, 5.74) is 1.51. The minimum absolute atomic E-state index is 0.166. The molecule has 29 heavy (non-hydrogen) atoms. The summed E-state index contributed by atoms with van der Waals surface area (Å²) in [5.74, 6) is 2.04. The first kappa shape index (κ1) is 19.1. The van der Waals surface area contributed by atoms with E-state index >= 15 is 0 Å². The lowest BCUT2D eigenvalue weighted by molar-refractivity contribution is 0.0922. The molecule has 1 aliphatic heterocycles. The average Bonchev–Trinajstić information content (AvgIpc) is 2.75. The number of hydrogen-bond donors (Lipinski definition) is 1. The summed E-state index contributed by atoms with van der Waals surface area (Å²) in [4.78, 5) is 13.2. The topological polar surface area (TPSA) is 56.8 Å². The maximum atomic E-state index is 13.2. The molecule has 0 bridgehead atoms. The monoisotopic (exact) mass is 391 g/mol. The van der Waals surface area contributed by atoms with E-state index in [0.717, 1.165) is 27.8 Å². The van der Waals surface area contributed by atoms with Gasteiger partial charge in [0.15, 0.2) is 11.5 Å². The fourth-order valence-corrected chi connectivity index (χ4v) is 3.67. The summed E-state index contributed by atoms with van der Waals surface area (Å²) in [6.45, 7) is 5.25. The molecule has 1 heterocycles. The van der Waals surface area contributed by atoms with Crippen LogP contribution in [-0.4, -0.2) is 26.2 Å². The minimum atomic E-state index is -0.172. The molecule has 5 heteroatoms. The molecule has 0 unspecified atom stereocenters. The Labute approximate surface area is 170 Å². The fourth-order valence-electron chi connectivity index (χ4n) is 3.67. The van der Waals surface area contributed by atoms with Gasteiger partial charge in [-0.15, -0.1) is 0 Å². The van der Waals surface area contributed by atoms with Crippen LogP contribution in [-0.2, 0) is 0 Å². The van der Waals surface area contributed by atoms with Crippen molar-refractivity contribution in [1.82, 2.24) is 5.32 Å². The molecule has 0 aromatic heterocycles. The number of hydrogen-bond acceptors (Lipinski definition) is 4. The molecular formula is C24H25NO4. The number of carbonyl (C=O) groups is 1. The average molecular weight is 391 g/mol. The molecule has 0 aliphatic carbocycles. The normalized spacial score (nSPS) is 13.9. The standard InChI is InChI=1S/C24H25NO4/c1-15(2)23(18-8-9-20-22(14-18)29-11-10-28-20)25-24(26)19-12-16-6-4-5-7-17(16)13-21(19)27-3/h4-9,12-15,23H,10-11H2,1-3H3,(H,25,26)/t23-/m0/s1. The molecule has 1 N–H and O–H groups in total. The fraction of sp³-hybridized carbons (Fsp3) is 0.292. The maximum absolute atomic E-state index is 13.2. The Balaban J connectivity index is 1.65. The zero-order valence-corrected chi connectivity index (χ0v) is 16.9. The third kappa shape index (κ3) is 3.86. The minimum Gasteiger partial charge on any atom is -0.496 e. The number of ether oxygens (including phenoxy) is 3. The van der Waals surface area contributed by atoms with Crippen molar-refractivity contribution < 1.29 is 19.0 Å². The number of rotatable bonds is 5. The summed E-state index contributed by atoms with van der Waals surface area (Å²) >= 11 is 0. The summed E-state index contributed by atoms with van der Waals surface area (Å²) in [5, 5.41) is 5.21. The quantitative estimate of drug-likeness (QED) is 0.682. The molecule has 0 radical (unpaired) electrons.